The van der Waals surface area contributed by atoms with Crippen LogP contribution in [-0.4, -0.2) is 30.8 Å². The van der Waals surface area contributed by atoms with E-state index in [1.54, 1.807) is 0 Å². The Hall–Kier alpha value is -2.04. The van der Waals surface area contributed by atoms with E-state index in [0.29, 0.717) is 6.42 Å². The van der Waals surface area contributed by atoms with Crippen LogP contribution in [0.1, 0.15) is 44.6 Å². The van der Waals surface area contributed by atoms with Crippen molar-refractivity contribution in [3.8, 4) is 0 Å². The highest BCUT2D eigenvalue weighted by Gasteiger charge is 2.32. The Morgan fingerprint density at radius 3 is 2.43 bits per heavy atom. The van der Waals surface area contributed by atoms with Gasteiger partial charge in [0.15, 0.2) is 0 Å². The highest BCUT2D eigenvalue weighted by molar-refractivity contribution is 5.81. The van der Waals surface area contributed by atoms with E-state index in [0.717, 1.165) is 31.2 Å². The summed E-state index contributed by atoms with van der Waals surface area (Å²) in [6.45, 7) is 1.95. The number of methoxy groups -OCH3 is 1. The molecule has 5 heteroatoms. The fourth-order valence-corrected chi connectivity index (χ4v) is 2.98. The average molecular weight is 319 g/mol. The smallest absolute Gasteiger partial charge is 0.408 e. The maximum atomic E-state index is 12.2. The molecule has 0 bridgehead atoms. The summed E-state index contributed by atoms with van der Waals surface area (Å²) in [5, 5.41) is 2.65. The van der Waals surface area contributed by atoms with Gasteiger partial charge in [-0.25, -0.2) is 9.59 Å². The largest absolute Gasteiger partial charge is 0.467 e. The van der Waals surface area contributed by atoms with E-state index in [9.17, 15) is 9.59 Å². The van der Waals surface area contributed by atoms with Gasteiger partial charge in [0.2, 0.25) is 0 Å². The number of ether oxygens (including phenoxy) is 2. The second kappa shape index (κ2) is 7.99. The molecule has 5 nitrogen and oxygen atoms in total. The lowest BCUT2D eigenvalue weighted by molar-refractivity contribution is -0.143. The second-order valence-electron chi connectivity index (χ2n) is 6.31. The van der Waals surface area contributed by atoms with Gasteiger partial charge < -0.3 is 14.8 Å². The molecule has 1 saturated carbocycles. The molecule has 23 heavy (non-hydrogen) atoms. The van der Waals surface area contributed by atoms with Gasteiger partial charge in [-0.2, -0.15) is 0 Å². The van der Waals surface area contributed by atoms with Crippen LogP contribution in [0.5, 0.6) is 0 Å². The number of carbonyl (C=O) groups excluding carboxylic acids is 2. The molecule has 1 aliphatic rings. The maximum absolute atomic E-state index is 12.2. The predicted octanol–water partition coefficient (Wildman–Crippen LogP) is 3.22. The summed E-state index contributed by atoms with van der Waals surface area (Å²) < 4.78 is 10.4. The van der Waals surface area contributed by atoms with Crippen molar-refractivity contribution in [2.45, 2.75) is 57.1 Å². The molecule has 1 aromatic rings. The summed E-state index contributed by atoms with van der Waals surface area (Å²) >= 11 is 0. The number of hydrogen-bond acceptors (Lipinski definition) is 4. The molecule has 2 rings (SSSR count). The average Bonchev–Trinajstić information content (AvgIpc) is 2.54. The zero-order valence-electron chi connectivity index (χ0n) is 13.8. The van der Waals surface area contributed by atoms with Gasteiger partial charge in [0.25, 0.3) is 0 Å². The Morgan fingerprint density at radius 2 is 1.83 bits per heavy atom. The van der Waals surface area contributed by atoms with Crippen molar-refractivity contribution in [2.75, 3.05) is 7.11 Å². The minimum absolute atomic E-state index is 0.374. The first-order chi connectivity index (χ1) is 11.0. The Morgan fingerprint density at radius 1 is 1.17 bits per heavy atom. The van der Waals surface area contributed by atoms with Crippen LogP contribution >= 0.6 is 0 Å². The molecule has 126 valence electrons. The van der Waals surface area contributed by atoms with E-state index in [1.807, 2.05) is 37.3 Å². The monoisotopic (exact) mass is 319 g/mol. The predicted molar refractivity (Wildman–Crippen MR) is 87.1 cm³/mol. The van der Waals surface area contributed by atoms with E-state index >= 15 is 0 Å². The molecule has 1 atom stereocenters. The van der Waals surface area contributed by atoms with Gasteiger partial charge in [-0.3, -0.25) is 0 Å². The summed E-state index contributed by atoms with van der Waals surface area (Å²) in [6.07, 6.45) is 4.85. The lowest BCUT2D eigenvalue weighted by atomic mass is 9.86. The van der Waals surface area contributed by atoms with E-state index < -0.39 is 23.7 Å². The summed E-state index contributed by atoms with van der Waals surface area (Å²) in [7, 11) is 1.32. The fraction of sp³-hybridized carbons (Fsp3) is 0.556. The first-order valence-corrected chi connectivity index (χ1v) is 8.14. The van der Waals surface area contributed by atoms with Crippen molar-refractivity contribution in [3.63, 3.8) is 0 Å². The van der Waals surface area contributed by atoms with E-state index in [-0.39, 0.29) is 0 Å². The first kappa shape index (κ1) is 17.3. The van der Waals surface area contributed by atoms with Crippen LogP contribution in [0.3, 0.4) is 0 Å². The topological polar surface area (TPSA) is 64.6 Å². The van der Waals surface area contributed by atoms with E-state index in [1.165, 1.54) is 13.5 Å². The summed E-state index contributed by atoms with van der Waals surface area (Å²) in [5.41, 5.74) is 0.516. The van der Waals surface area contributed by atoms with Crippen molar-refractivity contribution >= 4 is 12.1 Å². The quantitative estimate of drug-likeness (QED) is 0.846. The summed E-state index contributed by atoms with van der Waals surface area (Å²) in [6, 6.07) is 8.76. The van der Waals surface area contributed by atoms with Gasteiger partial charge in [0.1, 0.15) is 11.6 Å². The minimum Gasteiger partial charge on any atom is -0.467 e. The normalized spacial score (nSPS) is 17.8. The molecule has 1 aromatic carbocycles. The van der Waals surface area contributed by atoms with Gasteiger partial charge >= 0.3 is 12.1 Å². The lowest BCUT2D eigenvalue weighted by Crippen LogP contribution is -2.46. The van der Waals surface area contributed by atoms with Crippen molar-refractivity contribution in [2.24, 2.45) is 0 Å². The Kier molecular flexibility index (Phi) is 6.02. The molecule has 1 aliphatic carbocycles. The van der Waals surface area contributed by atoms with Crippen LogP contribution in [0, 0.1) is 0 Å². The van der Waals surface area contributed by atoms with Gasteiger partial charge in [0.05, 0.1) is 7.11 Å². The van der Waals surface area contributed by atoms with Crippen molar-refractivity contribution in [1.29, 1.82) is 0 Å². The fourth-order valence-electron chi connectivity index (χ4n) is 2.98. The number of rotatable bonds is 5. The van der Waals surface area contributed by atoms with Gasteiger partial charge in [0, 0.05) is 6.42 Å². The molecule has 0 aromatic heterocycles. The molecule has 0 aliphatic heterocycles. The molecule has 0 unspecified atom stereocenters. The number of benzene rings is 1. The molecule has 0 saturated heterocycles. The van der Waals surface area contributed by atoms with Crippen LogP contribution in [-0.2, 0) is 20.7 Å². The number of hydrogen-bond donors (Lipinski definition) is 1. The maximum Gasteiger partial charge on any atom is 0.408 e. The number of carbonyl (C=O) groups is 2. The molecule has 1 N–H and O–H groups in total. The minimum atomic E-state index is -0.748. The summed E-state index contributed by atoms with van der Waals surface area (Å²) in [4.78, 5) is 24.1. The van der Waals surface area contributed by atoms with Crippen molar-refractivity contribution in [1.82, 2.24) is 5.32 Å². The van der Waals surface area contributed by atoms with Crippen LogP contribution in [0.2, 0.25) is 0 Å². The molecule has 1 fully saturated rings. The molecular weight excluding hydrogens is 294 g/mol. The molecule has 0 radical (unpaired) electrons. The first-order valence-electron chi connectivity index (χ1n) is 8.14. The standard InChI is InChI=1S/C18H25NO4/c1-18(11-7-4-8-12-18)23-17(21)19-15(16(20)22-2)13-14-9-5-3-6-10-14/h3,5-6,9-10,15H,4,7-8,11-13H2,1-2H3,(H,19,21)/t15-/m0/s1. The molecule has 1 amide bonds. The van der Waals surface area contributed by atoms with Crippen molar-refractivity contribution in [3.05, 3.63) is 35.9 Å². The number of esters is 1. The van der Waals surface area contributed by atoms with Crippen molar-refractivity contribution < 1.29 is 19.1 Å². The van der Waals surface area contributed by atoms with Gasteiger partial charge in [-0.15, -0.1) is 0 Å². The third-order valence-corrected chi connectivity index (χ3v) is 4.31. The SMILES string of the molecule is COC(=O)[C@H](Cc1ccccc1)NC(=O)OC1(C)CCCCC1. The lowest BCUT2D eigenvalue weighted by Gasteiger charge is -2.33. The van der Waals surface area contributed by atoms with Crippen LogP contribution in [0.15, 0.2) is 30.3 Å². The van der Waals surface area contributed by atoms with Gasteiger partial charge in [-0.05, 0) is 38.2 Å². The van der Waals surface area contributed by atoms with E-state index in [4.69, 9.17) is 9.47 Å². The van der Waals surface area contributed by atoms with Gasteiger partial charge in [-0.1, -0.05) is 36.8 Å². The van der Waals surface area contributed by atoms with E-state index in [2.05, 4.69) is 5.32 Å². The molecule has 0 spiro atoms. The van der Waals surface area contributed by atoms with Crippen LogP contribution < -0.4 is 5.32 Å². The number of nitrogens with one attached hydrogen (secondary N) is 1. The Bertz CT molecular complexity index is 523. The third kappa shape index (κ3) is 5.27. The highest BCUT2D eigenvalue weighted by Crippen LogP contribution is 2.31. The number of amides is 1. The second-order valence-corrected chi connectivity index (χ2v) is 6.31. The van der Waals surface area contributed by atoms with Crippen LogP contribution in [0.25, 0.3) is 0 Å². The zero-order valence-corrected chi connectivity index (χ0v) is 13.8. The Labute approximate surface area is 137 Å². The summed E-state index contributed by atoms with van der Waals surface area (Å²) in [5.74, 6) is -0.473. The molecular formula is C18H25NO4. The zero-order chi connectivity index (χ0) is 16.7. The number of alkyl carbamates (subject to hydrolysis) is 1. The molecule has 0 heterocycles. The van der Waals surface area contributed by atoms with Crippen LogP contribution in [0.4, 0.5) is 4.79 Å². The highest BCUT2D eigenvalue weighted by atomic mass is 16.6. The third-order valence-electron chi connectivity index (χ3n) is 4.31. The Balaban J connectivity index is 1.96.